The van der Waals surface area contributed by atoms with Crippen LogP contribution in [0.15, 0.2) is 40.3 Å². The number of carbonyl (C=O) groups excluding carboxylic acids is 10. The minimum Gasteiger partial charge on any atom is -0.481 e. The number of carboxylic acid groups (broad SMARTS) is 1. The quantitative estimate of drug-likeness (QED) is 0.0188. The average Bonchev–Trinajstić information content (AvgIpc) is 4.01. The summed E-state index contributed by atoms with van der Waals surface area (Å²) >= 11 is 0. The Balaban J connectivity index is 1.90. The van der Waals surface area contributed by atoms with Crippen molar-refractivity contribution in [2.45, 2.75) is 146 Å². The minimum atomic E-state index is -1.60. The van der Waals surface area contributed by atoms with Crippen LogP contribution in [0.3, 0.4) is 0 Å². The highest BCUT2D eigenvalue weighted by Gasteiger charge is 2.40. The third-order valence-corrected chi connectivity index (χ3v) is 11.9. The molecule has 1 aromatic rings. The summed E-state index contributed by atoms with van der Waals surface area (Å²) in [5, 5.41) is 27.7. The second-order valence-corrected chi connectivity index (χ2v) is 18.4. The Labute approximate surface area is 427 Å². The number of hydrogen-bond acceptors (Lipinski definition) is 13. The number of aliphatic carboxylic acids is 1. The molecule has 0 bridgehead atoms. The number of primary amides is 2. The predicted molar refractivity (Wildman–Crippen MR) is 267 cm³/mol. The van der Waals surface area contributed by atoms with Crippen LogP contribution in [0, 0.1) is 5.92 Å². The maximum Gasteiger partial charge on any atom is 0.303 e. The van der Waals surface area contributed by atoms with Crippen molar-refractivity contribution in [3.05, 3.63) is 35.9 Å². The van der Waals surface area contributed by atoms with Gasteiger partial charge in [0.15, 0.2) is 11.9 Å². The van der Waals surface area contributed by atoms with Gasteiger partial charge < -0.3 is 81.6 Å². The number of nitrogens with one attached hydrogen (secondary N) is 7. The summed E-state index contributed by atoms with van der Waals surface area (Å²) in [6.07, 6.45) is -0.913. The molecule has 28 nitrogen and oxygen atoms in total. The molecule has 0 aliphatic carbocycles. The van der Waals surface area contributed by atoms with Gasteiger partial charge in [-0.1, -0.05) is 44.2 Å². The molecule has 0 saturated carbocycles. The van der Waals surface area contributed by atoms with Gasteiger partial charge in [-0.15, -0.1) is 0 Å². The number of hydrogen-bond donors (Lipinski definition) is 14. The molecular formula is C46H72N16O12. The van der Waals surface area contributed by atoms with E-state index in [1.807, 2.05) is 0 Å². The number of guanidine groups is 2. The number of nitrogens with zero attached hydrogens (tertiary/aromatic N) is 3. The molecule has 3 rings (SSSR count). The Bertz CT molecular complexity index is 2240. The monoisotopic (exact) mass is 1040 g/mol. The lowest BCUT2D eigenvalue weighted by atomic mass is 10.00. The van der Waals surface area contributed by atoms with Crippen LogP contribution >= 0.6 is 0 Å². The minimum absolute atomic E-state index is 0.00135. The maximum atomic E-state index is 14.5. The van der Waals surface area contributed by atoms with Crippen molar-refractivity contribution in [3.63, 3.8) is 0 Å². The van der Waals surface area contributed by atoms with Crippen molar-refractivity contribution in [2.24, 2.45) is 50.3 Å². The Hall–Kier alpha value is -8.07. The second-order valence-electron chi connectivity index (χ2n) is 18.4. The van der Waals surface area contributed by atoms with Crippen LogP contribution in [0.2, 0.25) is 0 Å². The SMILES string of the molecule is CC(C)C[C@H](NC(=O)[C@H](Cc1ccccc1)NC(=O)[C@@H]1CCC(=O)N1)C(=O)N[C@@H](CCC(=O)O)C(=O)N[C@@H](CCCN=C(N)N)C(=O)N1CCC[C@H]1C(=O)N[C@@H](CCCN=C(N)N)C(=O)N[C@@H](CC(N)=O)C(N)=O. The van der Waals surface area contributed by atoms with E-state index >= 15 is 0 Å². The van der Waals surface area contributed by atoms with E-state index < -0.39 is 127 Å². The zero-order valence-corrected chi connectivity index (χ0v) is 41.6. The smallest absolute Gasteiger partial charge is 0.303 e. The molecule has 2 aliphatic heterocycles. The first-order valence-electron chi connectivity index (χ1n) is 24.3. The molecule has 0 radical (unpaired) electrons. The van der Waals surface area contributed by atoms with Crippen LogP contribution in [0.1, 0.15) is 96.5 Å². The highest BCUT2D eigenvalue weighted by atomic mass is 16.4. The third-order valence-electron chi connectivity index (χ3n) is 11.9. The van der Waals surface area contributed by atoms with Gasteiger partial charge in [-0.05, 0) is 69.3 Å². The lowest BCUT2D eigenvalue weighted by Crippen LogP contribution is -2.60. The Morgan fingerprint density at radius 1 is 0.676 bits per heavy atom. The zero-order chi connectivity index (χ0) is 55.1. The molecule has 2 fully saturated rings. The summed E-state index contributed by atoms with van der Waals surface area (Å²) in [7, 11) is 0. The molecule has 0 spiro atoms. The molecule has 408 valence electrons. The fourth-order valence-electron chi connectivity index (χ4n) is 8.20. The zero-order valence-electron chi connectivity index (χ0n) is 41.6. The number of nitrogens with two attached hydrogens (primary N) is 6. The van der Waals surface area contributed by atoms with Crippen LogP contribution in [-0.2, 0) is 59.2 Å². The van der Waals surface area contributed by atoms with Gasteiger partial charge in [-0.3, -0.25) is 62.7 Å². The van der Waals surface area contributed by atoms with Crippen LogP contribution in [0.25, 0.3) is 0 Å². The van der Waals surface area contributed by atoms with Crippen LogP contribution < -0.4 is 71.6 Å². The number of carbonyl (C=O) groups is 11. The maximum absolute atomic E-state index is 14.5. The number of likely N-dealkylation sites (tertiary alicyclic amines) is 1. The van der Waals surface area contributed by atoms with Crippen molar-refractivity contribution in [1.29, 1.82) is 0 Å². The fourth-order valence-corrected chi connectivity index (χ4v) is 8.20. The summed E-state index contributed by atoms with van der Waals surface area (Å²) < 4.78 is 0. The Kier molecular flexibility index (Phi) is 24.5. The van der Waals surface area contributed by atoms with Gasteiger partial charge in [0.1, 0.15) is 48.3 Å². The van der Waals surface area contributed by atoms with E-state index in [1.165, 1.54) is 4.90 Å². The predicted octanol–water partition coefficient (Wildman–Crippen LogP) is -5.21. The number of aliphatic imine (C=N–C) groups is 2. The molecule has 74 heavy (non-hydrogen) atoms. The van der Waals surface area contributed by atoms with E-state index in [4.69, 9.17) is 34.4 Å². The molecule has 10 amide bonds. The Morgan fingerprint density at radius 2 is 1.20 bits per heavy atom. The first kappa shape index (κ1) is 60.2. The summed E-state index contributed by atoms with van der Waals surface area (Å²) in [4.78, 5) is 154. The highest BCUT2D eigenvalue weighted by molar-refractivity contribution is 5.99. The first-order valence-corrected chi connectivity index (χ1v) is 24.3. The van der Waals surface area contributed by atoms with Gasteiger partial charge in [0, 0.05) is 38.9 Å². The summed E-state index contributed by atoms with van der Waals surface area (Å²) in [6.45, 7) is 3.59. The molecule has 0 unspecified atom stereocenters. The molecular weight excluding hydrogens is 969 g/mol. The van der Waals surface area contributed by atoms with Gasteiger partial charge in [0.2, 0.25) is 59.1 Å². The summed E-state index contributed by atoms with van der Waals surface area (Å²) in [5.74, 6) is -10.1. The van der Waals surface area contributed by atoms with Crippen LogP contribution in [0.5, 0.6) is 0 Å². The number of rotatable bonds is 31. The third kappa shape index (κ3) is 21.0. The van der Waals surface area contributed by atoms with Crippen molar-refractivity contribution in [2.75, 3.05) is 19.6 Å². The number of benzene rings is 1. The first-order chi connectivity index (χ1) is 34.9. The molecule has 2 heterocycles. The molecule has 2 aliphatic rings. The lowest BCUT2D eigenvalue weighted by molar-refractivity contribution is -0.143. The summed E-state index contributed by atoms with van der Waals surface area (Å²) in [6, 6.07) is -1.81. The standard InChI is InChI=1S/C46H72N16O12/c1-24(2)21-31(60-42(72)32(22-25-9-4-3-5-10-25)61-39(69)27-14-16-35(64)55-27)41(71)56-28(15-17-36(65)66)40(70)58-29(12-7-19-54-46(51)52)44(74)62-20-8-13-33(62)43(73)57-26(11-6-18-53-45(49)50)38(68)59-30(37(48)67)23-34(47)63/h3-5,9-10,24,26-33H,6-8,11-23H2,1-2H3,(H2,47,63)(H2,48,67)(H,55,64)(H,56,71)(H,57,73)(H,58,70)(H,59,68)(H,60,72)(H,61,69)(H,65,66)(H4,49,50,53)(H4,51,52,54)/t26-,27-,28-,29-,30-,31-,32-,33-/m0/s1. The largest absolute Gasteiger partial charge is 0.481 e. The van der Waals surface area contributed by atoms with Gasteiger partial charge >= 0.3 is 5.97 Å². The fraction of sp³-hybridized carbons (Fsp3) is 0.587. The topological polar surface area (TPSA) is 476 Å². The van der Waals surface area contributed by atoms with Gasteiger partial charge in [-0.2, -0.15) is 0 Å². The molecule has 8 atom stereocenters. The van der Waals surface area contributed by atoms with E-state index in [0.717, 1.165) is 0 Å². The second kappa shape index (κ2) is 30.1. The molecule has 2 saturated heterocycles. The molecule has 0 aromatic heterocycles. The van der Waals surface area contributed by atoms with E-state index in [1.54, 1.807) is 44.2 Å². The van der Waals surface area contributed by atoms with Crippen molar-refractivity contribution >= 4 is 77.0 Å². The van der Waals surface area contributed by atoms with Gasteiger partial charge in [0.05, 0.1) is 6.42 Å². The molecule has 1 aromatic carbocycles. The van der Waals surface area contributed by atoms with E-state index in [9.17, 15) is 57.8 Å². The van der Waals surface area contributed by atoms with Crippen LogP contribution in [-0.4, -0.2) is 155 Å². The normalized spacial score (nSPS) is 17.4. The Morgan fingerprint density at radius 3 is 1.74 bits per heavy atom. The van der Waals surface area contributed by atoms with E-state index in [2.05, 4.69) is 47.2 Å². The van der Waals surface area contributed by atoms with E-state index in [-0.39, 0.29) is 101 Å². The lowest BCUT2D eigenvalue weighted by Gasteiger charge is -2.31. The van der Waals surface area contributed by atoms with Crippen molar-refractivity contribution in [3.8, 4) is 0 Å². The van der Waals surface area contributed by atoms with Crippen LogP contribution in [0.4, 0.5) is 0 Å². The number of amides is 10. The van der Waals surface area contributed by atoms with Crippen molar-refractivity contribution < 1.29 is 57.8 Å². The van der Waals surface area contributed by atoms with Gasteiger partial charge in [0.25, 0.3) is 0 Å². The molecule has 20 N–H and O–H groups in total. The summed E-state index contributed by atoms with van der Waals surface area (Å²) in [5.41, 5.74) is 33.1. The molecule has 28 heteroatoms. The highest BCUT2D eigenvalue weighted by Crippen LogP contribution is 2.21. The van der Waals surface area contributed by atoms with Crippen molar-refractivity contribution in [1.82, 2.24) is 42.1 Å². The van der Waals surface area contributed by atoms with E-state index in [0.29, 0.717) is 12.0 Å². The average molecular weight is 1040 g/mol. The van der Waals surface area contributed by atoms with Gasteiger partial charge in [-0.25, -0.2) is 0 Å². The number of carboxylic acids is 1.